The summed E-state index contributed by atoms with van der Waals surface area (Å²) in [6, 6.07) is 26.2. The molecule has 162 valence electrons. The molecule has 0 radical (unpaired) electrons. The van der Waals surface area contributed by atoms with E-state index in [4.69, 9.17) is 10.8 Å². The van der Waals surface area contributed by atoms with E-state index in [1.165, 1.54) is 11.1 Å². The van der Waals surface area contributed by atoms with Gasteiger partial charge in [0, 0.05) is 36.1 Å². The zero-order valence-corrected chi connectivity index (χ0v) is 18.1. The number of aromatic nitrogens is 2. The van der Waals surface area contributed by atoms with Gasteiger partial charge in [0.15, 0.2) is 0 Å². The molecular formula is C26H27N5O. The lowest BCUT2D eigenvalue weighted by molar-refractivity contribution is 0.248. The molecule has 0 fully saturated rings. The van der Waals surface area contributed by atoms with Crippen LogP contribution in [0.4, 0.5) is 10.5 Å². The first-order valence-corrected chi connectivity index (χ1v) is 10.6. The molecule has 0 aliphatic rings. The van der Waals surface area contributed by atoms with Crippen molar-refractivity contribution < 1.29 is 4.79 Å². The van der Waals surface area contributed by atoms with E-state index in [-0.39, 0.29) is 0 Å². The molecule has 2 amide bonds. The number of carbonyl (C=O) groups is 1. The number of nitrogens with one attached hydrogen (secondary N) is 2. The van der Waals surface area contributed by atoms with Gasteiger partial charge < -0.3 is 16.4 Å². The van der Waals surface area contributed by atoms with Crippen LogP contribution in [-0.2, 0) is 19.6 Å². The van der Waals surface area contributed by atoms with E-state index >= 15 is 0 Å². The molecule has 0 spiro atoms. The van der Waals surface area contributed by atoms with Gasteiger partial charge in [-0.25, -0.2) is 4.79 Å². The molecule has 0 unspecified atom stereocenters. The second-order valence-corrected chi connectivity index (χ2v) is 7.82. The predicted octanol–water partition coefficient (Wildman–Crippen LogP) is 4.69. The van der Waals surface area contributed by atoms with Crippen LogP contribution in [0.15, 0.2) is 85.1 Å². The van der Waals surface area contributed by atoms with Crippen molar-refractivity contribution in [3.8, 4) is 11.3 Å². The molecule has 6 heteroatoms. The maximum absolute atomic E-state index is 10.9. The Bertz CT molecular complexity index is 1180. The Morgan fingerprint density at radius 1 is 0.938 bits per heavy atom. The van der Waals surface area contributed by atoms with Crippen molar-refractivity contribution in [3.63, 3.8) is 0 Å². The second-order valence-electron chi connectivity index (χ2n) is 7.82. The largest absolute Gasteiger partial charge is 0.381 e. The standard InChI is InChI=1S/C26H27N5O/c1-19-6-5-9-22(14-19)25-23(18-31(30-25)17-21-7-3-2-4-8-21)16-28-24-12-10-20(11-13-24)15-29-26(27)32/h2-14,18,28H,15-17H2,1H3,(H3,27,29,32). The summed E-state index contributed by atoms with van der Waals surface area (Å²) in [4.78, 5) is 10.9. The predicted molar refractivity (Wildman–Crippen MR) is 128 cm³/mol. The highest BCUT2D eigenvalue weighted by Crippen LogP contribution is 2.24. The van der Waals surface area contributed by atoms with E-state index < -0.39 is 6.03 Å². The average Bonchev–Trinajstić information content (AvgIpc) is 3.20. The number of rotatable bonds is 8. The molecule has 0 saturated heterocycles. The highest BCUT2D eigenvalue weighted by molar-refractivity contribution is 5.71. The maximum Gasteiger partial charge on any atom is 0.312 e. The second kappa shape index (κ2) is 9.83. The fraction of sp³-hybridized carbons (Fsp3) is 0.154. The lowest BCUT2D eigenvalue weighted by atomic mass is 10.1. The third-order valence-corrected chi connectivity index (χ3v) is 5.22. The summed E-state index contributed by atoms with van der Waals surface area (Å²) in [6.07, 6.45) is 2.11. The molecule has 3 aromatic carbocycles. The van der Waals surface area contributed by atoms with Crippen LogP contribution in [-0.4, -0.2) is 15.8 Å². The molecule has 0 bridgehead atoms. The molecule has 0 aliphatic heterocycles. The number of amides is 2. The molecule has 4 N–H and O–H groups in total. The van der Waals surface area contributed by atoms with Crippen LogP contribution in [0.5, 0.6) is 0 Å². The third-order valence-electron chi connectivity index (χ3n) is 5.22. The molecule has 0 aliphatic carbocycles. The quantitative estimate of drug-likeness (QED) is 0.383. The van der Waals surface area contributed by atoms with Gasteiger partial charge in [0.2, 0.25) is 0 Å². The van der Waals surface area contributed by atoms with E-state index in [1.54, 1.807) is 0 Å². The molecule has 32 heavy (non-hydrogen) atoms. The van der Waals surface area contributed by atoms with Crippen LogP contribution >= 0.6 is 0 Å². The summed E-state index contributed by atoms with van der Waals surface area (Å²) in [5.41, 5.74) is 12.8. The van der Waals surface area contributed by atoms with Crippen molar-refractivity contribution in [2.24, 2.45) is 5.73 Å². The van der Waals surface area contributed by atoms with Gasteiger partial charge in [-0.1, -0.05) is 66.2 Å². The summed E-state index contributed by atoms with van der Waals surface area (Å²) in [7, 11) is 0. The molecular weight excluding hydrogens is 398 g/mol. The zero-order valence-electron chi connectivity index (χ0n) is 18.1. The van der Waals surface area contributed by atoms with Crippen LogP contribution in [0, 0.1) is 6.92 Å². The van der Waals surface area contributed by atoms with Crippen molar-refractivity contribution in [1.82, 2.24) is 15.1 Å². The van der Waals surface area contributed by atoms with Crippen molar-refractivity contribution in [2.45, 2.75) is 26.6 Å². The zero-order chi connectivity index (χ0) is 22.3. The molecule has 0 saturated carbocycles. The molecule has 1 heterocycles. The van der Waals surface area contributed by atoms with Gasteiger partial charge in [-0.15, -0.1) is 0 Å². The Kier molecular flexibility index (Phi) is 6.51. The smallest absolute Gasteiger partial charge is 0.312 e. The lowest BCUT2D eigenvalue weighted by Gasteiger charge is -2.08. The Hall–Kier alpha value is -4.06. The van der Waals surface area contributed by atoms with Crippen LogP contribution in [0.3, 0.4) is 0 Å². The molecule has 6 nitrogen and oxygen atoms in total. The van der Waals surface area contributed by atoms with Crippen LogP contribution in [0.2, 0.25) is 0 Å². The highest BCUT2D eigenvalue weighted by atomic mass is 16.2. The minimum atomic E-state index is -0.525. The SMILES string of the molecule is Cc1cccc(-c2nn(Cc3ccccc3)cc2CNc2ccc(CNC(N)=O)cc2)c1. The summed E-state index contributed by atoms with van der Waals surface area (Å²) in [5.74, 6) is 0. The van der Waals surface area contributed by atoms with Gasteiger partial charge in [-0.2, -0.15) is 5.10 Å². The average molecular weight is 426 g/mol. The normalized spacial score (nSPS) is 10.7. The minimum absolute atomic E-state index is 0.416. The Morgan fingerprint density at radius 3 is 2.44 bits per heavy atom. The van der Waals surface area contributed by atoms with E-state index in [0.29, 0.717) is 13.1 Å². The summed E-state index contributed by atoms with van der Waals surface area (Å²) < 4.78 is 2.00. The topological polar surface area (TPSA) is 85.0 Å². The maximum atomic E-state index is 10.9. The monoisotopic (exact) mass is 425 g/mol. The van der Waals surface area contributed by atoms with Crippen molar-refractivity contribution >= 4 is 11.7 Å². The van der Waals surface area contributed by atoms with Gasteiger partial charge in [0.05, 0.1) is 12.2 Å². The fourth-order valence-corrected chi connectivity index (χ4v) is 3.61. The Labute approximate surface area is 188 Å². The number of hydrogen-bond acceptors (Lipinski definition) is 3. The first-order chi connectivity index (χ1) is 15.6. The number of nitrogens with two attached hydrogens (primary N) is 1. The van der Waals surface area contributed by atoms with Gasteiger partial charge in [0.1, 0.15) is 0 Å². The van der Waals surface area contributed by atoms with E-state index in [0.717, 1.165) is 34.6 Å². The highest BCUT2D eigenvalue weighted by Gasteiger charge is 2.12. The van der Waals surface area contributed by atoms with E-state index in [2.05, 4.69) is 60.2 Å². The van der Waals surface area contributed by atoms with E-state index in [1.807, 2.05) is 47.1 Å². The third kappa shape index (κ3) is 5.55. The number of hydrogen-bond donors (Lipinski definition) is 3. The number of carbonyl (C=O) groups excluding carboxylic acids is 1. The Balaban J connectivity index is 1.53. The summed E-state index contributed by atoms with van der Waals surface area (Å²) >= 11 is 0. The number of urea groups is 1. The summed E-state index contributed by atoms with van der Waals surface area (Å²) in [6.45, 7) is 3.88. The number of aryl methyl sites for hydroxylation is 1. The van der Waals surface area contributed by atoms with Gasteiger partial charge in [-0.3, -0.25) is 4.68 Å². The molecule has 4 rings (SSSR count). The first kappa shape index (κ1) is 21.2. The van der Waals surface area contributed by atoms with Crippen LogP contribution < -0.4 is 16.4 Å². The number of benzene rings is 3. The fourth-order valence-electron chi connectivity index (χ4n) is 3.61. The molecule has 0 atom stereocenters. The molecule has 4 aromatic rings. The van der Waals surface area contributed by atoms with Crippen molar-refractivity contribution in [1.29, 1.82) is 0 Å². The van der Waals surface area contributed by atoms with Crippen LogP contribution in [0.1, 0.15) is 22.3 Å². The van der Waals surface area contributed by atoms with Crippen LogP contribution in [0.25, 0.3) is 11.3 Å². The van der Waals surface area contributed by atoms with Gasteiger partial charge >= 0.3 is 6.03 Å². The Morgan fingerprint density at radius 2 is 1.72 bits per heavy atom. The number of nitrogens with zero attached hydrogens (tertiary/aromatic N) is 2. The number of anilines is 1. The van der Waals surface area contributed by atoms with Gasteiger partial charge in [0.25, 0.3) is 0 Å². The van der Waals surface area contributed by atoms with Crippen molar-refractivity contribution in [2.75, 3.05) is 5.32 Å². The summed E-state index contributed by atoms with van der Waals surface area (Å²) in [5, 5.41) is 11.0. The number of primary amides is 1. The lowest BCUT2D eigenvalue weighted by Crippen LogP contribution is -2.28. The van der Waals surface area contributed by atoms with E-state index in [9.17, 15) is 4.79 Å². The van der Waals surface area contributed by atoms with Gasteiger partial charge in [-0.05, 0) is 36.2 Å². The first-order valence-electron chi connectivity index (χ1n) is 10.6. The van der Waals surface area contributed by atoms with Crippen molar-refractivity contribution in [3.05, 3.63) is 107 Å². The molecule has 1 aromatic heterocycles. The minimum Gasteiger partial charge on any atom is -0.381 e.